The first kappa shape index (κ1) is 16.3. The molecule has 0 bridgehead atoms. The van der Waals surface area contributed by atoms with Gasteiger partial charge in [-0.1, -0.05) is 12.1 Å². The SMILES string of the molecule is Cn1ccc2c(OC3CCN(Cc4nnc5ccccn45)CC3)cccc21. The predicted octanol–water partition coefficient (Wildman–Crippen LogP) is 3.26. The van der Waals surface area contributed by atoms with Gasteiger partial charge in [0.25, 0.3) is 0 Å². The van der Waals surface area contributed by atoms with Crippen molar-refractivity contribution >= 4 is 16.6 Å². The van der Waals surface area contributed by atoms with Gasteiger partial charge < -0.3 is 9.30 Å². The van der Waals surface area contributed by atoms with Gasteiger partial charge in [-0.2, -0.15) is 0 Å². The Hall–Kier alpha value is -2.86. The van der Waals surface area contributed by atoms with Crippen LogP contribution in [0.3, 0.4) is 0 Å². The van der Waals surface area contributed by atoms with Gasteiger partial charge in [0.2, 0.25) is 0 Å². The maximum atomic E-state index is 6.36. The number of piperidine rings is 1. The molecule has 0 amide bonds. The van der Waals surface area contributed by atoms with Crippen LogP contribution in [-0.4, -0.2) is 43.3 Å². The molecule has 0 atom stereocenters. The average molecular weight is 361 g/mol. The summed E-state index contributed by atoms with van der Waals surface area (Å²) in [5.74, 6) is 1.99. The fraction of sp³-hybridized carbons (Fsp3) is 0.333. The molecule has 0 spiro atoms. The lowest BCUT2D eigenvalue weighted by atomic mass is 10.1. The van der Waals surface area contributed by atoms with Crippen molar-refractivity contribution in [2.45, 2.75) is 25.5 Å². The summed E-state index contributed by atoms with van der Waals surface area (Å²) in [6.45, 7) is 2.85. The highest BCUT2D eigenvalue weighted by Crippen LogP contribution is 2.28. The van der Waals surface area contributed by atoms with Gasteiger partial charge in [-0.05, 0) is 43.2 Å². The molecular weight excluding hydrogens is 338 g/mol. The van der Waals surface area contributed by atoms with E-state index in [1.807, 2.05) is 24.4 Å². The molecule has 27 heavy (non-hydrogen) atoms. The number of rotatable bonds is 4. The van der Waals surface area contributed by atoms with E-state index in [1.165, 1.54) is 10.9 Å². The summed E-state index contributed by atoms with van der Waals surface area (Å²) < 4.78 is 10.6. The van der Waals surface area contributed by atoms with Crippen LogP contribution in [0.25, 0.3) is 16.6 Å². The third-order valence-electron chi connectivity index (χ3n) is 5.47. The predicted molar refractivity (Wildman–Crippen MR) is 105 cm³/mol. The van der Waals surface area contributed by atoms with Crippen molar-refractivity contribution < 1.29 is 4.74 Å². The minimum atomic E-state index is 0.266. The molecule has 1 aliphatic heterocycles. The molecular formula is C21H23N5O. The minimum Gasteiger partial charge on any atom is -0.490 e. The second kappa shape index (κ2) is 6.70. The first-order valence-electron chi connectivity index (χ1n) is 9.49. The van der Waals surface area contributed by atoms with Crippen molar-refractivity contribution in [1.29, 1.82) is 0 Å². The average Bonchev–Trinajstić information content (AvgIpc) is 3.28. The largest absolute Gasteiger partial charge is 0.490 e. The standard InChI is InChI=1S/C21H23N5O/c1-24-12-10-17-18(24)5-4-6-19(17)27-16-8-13-25(14-9-16)15-21-23-22-20-7-2-3-11-26(20)21/h2-7,10-12,16H,8-9,13-15H2,1H3. The zero-order valence-electron chi connectivity index (χ0n) is 15.5. The van der Waals surface area contributed by atoms with E-state index in [1.54, 1.807) is 0 Å². The molecule has 6 heteroatoms. The Bertz CT molecular complexity index is 1070. The fourth-order valence-corrected chi connectivity index (χ4v) is 3.94. The van der Waals surface area contributed by atoms with E-state index in [-0.39, 0.29) is 6.10 Å². The molecule has 0 unspecified atom stereocenters. The maximum Gasteiger partial charge on any atom is 0.160 e. The summed E-state index contributed by atoms with van der Waals surface area (Å²) in [4.78, 5) is 2.44. The molecule has 1 aliphatic rings. The Balaban J connectivity index is 1.24. The third kappa shape index (κ3) is 3.06. The molecule has 3 aromatic heterocycles. The van der Waals surface area contributed by atoms with Crippen LogP contribution in [0.4, 0.5) is 0 Å². The molecule has 0 N–H and O–H groups in total. The first-order chi connectivity index (χ1) is 13.3. The summed E-state index contributed by atoms with van der Waals surface area (Å²) >= 11 is 0. The molecule has 138 valence electrons. The number of hydrogen-bond donors (Lipinski definition) is 0. The van der Waals surface area contributed by atoms with Crippen LogP contribution < -0.4 is 4.74 Å². The van der Waals surface area contributed by atoms with Crippen LogP contribution in [0.1, 0.15) is 18.7 Å². The Morgan fingerprint density at radius 1 is 1.00 bits per heavy atom. The van der Waals surface area contributed by atoms with Gasteiger partial charge in [-0.15, -0.1) is 10.2 Å². The highest BCUT2D eigenvalue weighted by Gasteiger charge is 2.22. The zero-order valence-corrected chi connectivity index (χ0v) is 15.5. The van der Waals surface area contributed by atoms with Gasteiger partial charge in [0.05, 0.1) is 12.1 Å². The van der Waals surface area contributed by atoms with Gasteiger partial charge in [-0.3, -0.25) is 9.30 Å². The van der Waals surface area contributed by atoms with Crippen LogP contribution in [0.2, 0.25) is 0 Å². The van der Waals surface area contributed by atoms with E-state index >= 15 is 0 Å². The summed E-state index contributed by atoms with van der Waals surface area (Å²) in [5, 5.41) is 9.79. The normalized spacial score (nSPS) is 16.3. The molecule has 6 nitrogen and oxygen atoms in total. The number of pyridine rings is 1. The second-order valence-corrected chi connectivity index (χ2v) is 7.25. The molecule has 0 radical (unpaired) electrons. The third-order valence-corrected chi connectivity index (χ3v) is 5.47. The van der Waals surface area contributed by atoms with Crippen molar-refractivity contribution in [1.82, 2.24) is 24.1 Å². The number of hydrogen-bond acceptors (Lipinski definition) is 4. The first-order valence-corrected chi connectivity index (χ1v) is 9.49. The molecule has 5 rings (SSSR count). The van der Waals surface area contributed by atoms with Gasteiger partial charge in [0.1, 0.15) is 11.9 Å². The van der Waals surface area contributed by atoms with Crippen molar-refractivity contribution in [2.24, 2.45) is 7.05 Å². The van der Waals surface area contributed by atoms with E-state index in [0.29, 0.717) is 0 Å². The quantitative estimate of drug-likeness (QED) is 0.560. The fourth-order valence-electron chi connectivity index (χ4n) is 3.94. The summed E-state index contributed by atoms with van der Waals surface area (Å²) in [6, 6.07) is 14.4. The lowest BCUT2D eigenvalue weighted by Crippen LogP contribution is -2.38. The highest BCUT2D eigenvalue weighted by atomic mass is 16.5. The lowest BCUT2D eigenvalue weighted by molar-refractivity contribution is 0.0963. The molecule has 0 aliphatic carbocycles. The summed E-state index contributed by atoms with van der Waals surface area (Å²) in [6.07, 6.45) is 6.44. The van der Waals surface area contributed by atoms with Crippen molar-refractivity contribution in [3.05, 3.63) is 60.7 Å². The Labute approximate surface area is 158 Å². The molecule has 4 aromatic rings. The van der Waals surface area contributed by atoms with Crippen LogP contribution in [0, 0.1) is 0 Å². The van der Waals surface area contributed by atoms with E-state index in [9.17, 15) is 0 Å². The molecule has 1 saturated heterocycles. The Kier molecular flexibility index (Phi) is 4.05. The number of aromatic nitrogens is 4. The topological polar surface area (TPSA) is 47.6 Å². The van der Waals surface area contributed by atoms with Gasteiger partial charge >= 0.3 is 0 Å². The molecule has 1 aromatic carbocycles. The van der Waals surface area contributed by atoms with Crippen LogP contribution in [0.5, 0.6) is 5.75 Å². The summed E-state index contributed by atoms with van der Waals surface area (Å²) in [7, 11) is 2.07. The molecule has 1 fully saturated rings. The van der Waals surface area contributed by atoms with Crippen LogP contribution in [-0.2, 0) is 13.6 Å². The number of benzene rings is 1. The monoisotopic (exact) mass is 361 g/mol. The number of likely N-dealkylation sites (tertiary alicyclic amines) is 1. The van der Waals surface area contributed by atoms with Crippen LogP contribution >= 0.6 is 0 Å². The van der Waals surface area contributed by atoms with E-state index < -0.39 is 0 Å². The van der Waals surface area contributed by atoms with Crippen molar-refractivity contribution in [3.63, 3.8) is 0 Å². The maximum absolute atomic E-state index is 6.36. The second-order valence-electron chi connectivity index (χ2n) is 7.25. The highest BCUT2D eigenvalue weighted by molar-refractivity contribution is 5.86. The minimum absolute atomic E-state index is 0.266. The Morgan fingerprint density at radius 3 is 2.78 bits per heavy atom. The molecule has 4 heterocycles. The van der Waals surface area contributed by atoms with E-state index in [4.69, 9.17) is 4.74 Å². The van der Waals surface area contributed by atoms with Crippen LogP contribution in [0.15, 0.2) is 54.9 Å². The van der Waals surface area contributed by atoms with E-state index in [0.717, 1.165) is 49.7 Å². The Morgan fingerprint density at radius 2 is 1.89 bits per heavy atom. The van der Waals surface area contributed by atoms with Gasteiger partial charge in [-0.25, -0.2) is 0 Å². The number of ether oxygens (including phenoxy) is 1. The van der Waals surface area contributed by atoms with Gasteiger partial charge in [0.15, 0.2) is 11.5 Å². The smallest absolute Gasteiger partial charge is 0.160 e. The lowest BCUT2D eigenvalue weighted by Gasteiger charge is -2.31. The molecule has 0 saturated carbocycles. The number of fused-ring (bicyclic) bond motifs is 2. The number of nitrogens with zero attached hydrogens (tertiary/aromatic N) is 5. The summed E-state index contributed by atoms with van der Waals surface area (Å²) in [5.41, 5.74) is 2.12. The van der Waals surface area contributed by atoms with E-state index in [2.05, 4.69) is 61.6 Å². The number of aryl methyl sites for hydroxylation is 1. The van der Waals surface area contributed by atoms with Crippen molar-refractivity contribution in [3.8, 4) is 5.75 Å². The van der Waals surface area contributed by atoms with Gasteiger partial charge in [0, 0.05) is 37.9 Å². The van der Waals surface area contributed by atoms with Crippen molar-refractivity contribution in [2.75, 3.05) is 13.1 Å². The zero-order chi connectivity index (χ0) is 18.2.